The molecule has 1 amide bonds. The Balaban J connectivity index is 2.29. The Bertz CT molecular complexity index is 812. The molecule has 0 aliphatic carbocycles. The first-order valence-electron chi connectivity index (χ1n) is 8.64. The van der Waals surface area contributed by atoms with Crippen molar-refractivity contribution in [1.29, 1.82) is 0 Å². The molecule has 0 saturated heterocycles. The van der Waals surface area contributed by atoms with Crippen molar-refractivity contribution >= 4 is 17.6 Å². The van der Waals surface area contributed by atoms with Crippen molar-refractivity contribution in [3.63, 3.8) is 0 Å². The number of hydrogen-bond donors (Lipinski definition) is 1. The lowest BCUT2D eigenvalue weighted by molar-refractivity contribution is 0.0526. The second-order valence-electron chi connectivity index (χ2n) is 6.32. The van der Waals surface area contributed by atoms with Crippen molar-refractivity contribution in [2.24, 2.45) is 0 Å². The van der Waals surface area contributed by atoms with Crippen LogP contribution in [0.5, 0.6) is 5.75 Å². The molecule has 2 aromatic carbocycles. The summed E-state index contributed by atoms with van der Waals surface area (Å²) in [6, 6.07) is 10.5. The molecule has 0 spiro atoms. The van der Waals surface area contributed by atoms with Crippen LogP contribution in [0.4, 0.5) is 5.69 Å². The first-order valence-corrected chi connectivity index (χ1v) is 8.64. The molecule has 5 nitrogen and oxygen atoms in total. The van der Waals surface area contributed by atoms with Gasteiger partial charge in [-0.05, 0) is 61.2 Å². The lowest BCUT2D eigenvalue weighted by Gasteiger charge is -2.16. The van der Waals surface area contributed by atoms with E-state index in [0.717, 1.165) is 16.9 Å². The van der Waals surface area contributed by atoms with Crippen molar-refractivity contribution in [2.45, 2.75) is 33.6 Å². The fourth-order valence-electron chi connectivity index (χ4n) is 2.71. The molecular formula is C21H25NO4. The lowest BCUT2D eigenvalue weighted by Crippen LogP contribution is -2.15. The van der Waals surface area contributed by atoms with Gasteiger partial charge >= 0.3 is 5.97 Å². The second kappa shape index (κ2) is 8.52. The minimum absolute atomic E-state index is 0.226. The minimum atomic E-state index is -0.411. The summed E-state index contributed by atoms with van der Waals surface area (Å²) in [6.45, 7) is 8.03. The summed E-state index contributed by atoms with van der Waals surface area (Å²) >= 11 is 0. The number of ether oxygens (including phenoxy) is 2. The highest BCUT2D eigenvalue weighted by Crippen LogP contribution is 2.30. The Morgan fingerprint density at radius 1 is 1.15 bits per heavy atom. The number of anilines is 1. The Labute approximate surface area is 154 Å². The predicted molar refractivity (Wildman–Crippen MR) is 102 cm³/mol. The maximum Gasteiger partial charge on any atom is 0.338 e. The van der Waals surface area contributed by atoms with Gasteiger partial charge in [0.2, 0.25) is 0 Å². The van der Waals surface area contributed by atoms with E-state index >= 15 is 0 Å². The summed E-state index contributed by atoms with van der Waals surface area (Å²) in [7, 11) is 1.63. The summed E-state index contributed by atoms with van der Waals surface area (Å²) < 4.78 is 10.4. The number of benzene rings is 2. The average Bonchev–Trinajstić information content (AvgIpc) is 2.61. The van der Waals surface area contributed by atoms with Crippen LogP contribution in [0.25, 0.3) is 0 Å². The van der Waals surface area contributed by atoms with E-state index in [2.05, 4.69) is 19.2 Å². The van der Waals surface area contributed by atoms with Crippen molar-refractivity contribution in [3.8, 4) is 5.75 Å². The number of amides is 1. The van der Waals surface area contributed by atoms with Gasteiger partial charge in [0.15, 0.2) is 0 Å². The van der Waals surface area contributed by atoms with Crippen molar-refractivity contribution in [3.05, 3.63) is 58.7 Å². The van der Waals surface area contributed by atoms with Gasteiger partial charge in [-0.1, -0.05) is 19.9 Å². The third-order valence-electron chi connectivity index (χ3n) is 4.07. The monoisotopic (exact) mass is 355 g/mol. The Hall–Kier alpha value is -2.82. The van der Waals surface area contributed by atoms with E-state index in [1.165, 1.54) is 0 Å². The fourth-order valence-corrected chi connectivity index (χ4v) is 2.71. The molecule has 0 aliphatic rings. The Morgan fingerprint density at radius 3 is 2.50 bits per heavy atom. The van der Waals surface area contributed by atoms with E-state index in [-0.39, 0.29) is 11.8 Å². The van der Waals surface area contributed by atoms with E-state index in [1.807, 2.05) is 19.1 Å². The zero-order valence-electron chi connectivity index (χ0n) is 15.9. The zero-order chi connectivity index (χ0) is 19.3. The van der Waals surface area contributed by atoms with Gasteiger partial charge in [-0.2, -0.15) is 0 Å². The Kier molecular flexibility index (Phi) is 6.39. The standard InChI is InChI=1S/C21H25NO4/c1-6-26-21(24)15-8-7-9-16(11-15)22-20(23)18-12-17(13(2)3)19(25-5)10-14(18)4/h7-13H,6H2,1-5H3,(H,22,23). The molecule has 0 saturated carbocycles. The van der Waals surface area contributed by atoms with Crippen LogP contribution in [0.15, 0.2) is 36.4 Å². The highest BCUT2D eigenvalue weighted by atomic mass is 16.5. The normalized spacial score (nSPS) is 10.5. The summed E-state index contributed by atoms with van der Waals surface area (Å²) in [5.74, 6) is 0.363. The van der Waals surface area contributed by atoms with Crippen LogP contribution in [0, 0.1) is 6.92 Å². The highest BCUT2D eigenvalue weighted by molar-refractivity contribution is 6.06. The van der Waals surface area contributed by atoms with Gasteiger partial charge < -0.3 is 14.8 Å². The topological polar surface area (TPSA) is 64.6 Å². The van der Waals surface area contributed by atoms with E-state index < -0.39 is 5.97 Å². The van der Waals surface area contributed by atoms with Gasteiger partial charge in [0, 0.05) is 11.3 Å². The number of methoxy groups -OCH3 is 1. The maximum atomic E-state index is 12.7. The maximum absolute atomic E-state index is 12.7. The predicted octanol–water partition coefficient (Wildman–Crippen LogP) is 4.56. The van der Waals surface area contributed by atoms with Gasteiger partial charge in [0.25, 0.3) is 5.91 Å². The van der Waals surface area contributed by atoms with Gasteiger partial charge in [-0.3, -0.25) is 4.79 Å². The molecule has 0 heterocycles. The molecule has 5 heteroatoms. The van der Waals surface area contributed by atoms with Crippen LogP contribution in [0.3, 0.4) is 0 Å². The zero-order valence-corrected chi connectivity index (χ0v) is 15.9. The molecule has 0 radical (unpaired) electrons. The number of nitrogens with one attached hydrogen (secondary N) is 1. The van der Waals surface area contributed by atoms with E-state index in [9.17, 15) is 9.59 Å². The molecular weight excluding hydrogens is 330 g/mol. The number of aryl methyl sites for hydroxylation is 1. The summed E-state index contributed by atoms with van der Waals surface area (Å²) in [5, 5.41) is 2.85. The molecule has 0 atom stereocenters. The third kappa shape index (κ3) is 4.42. The Morgan fingerprint density at radius 2 is 1.88 bits per heavy atom. The van der Waals surface area contributed by atoms with Crippen molar-refractivity contribution in [2.75, 3.05) is 19.0 Å². The molecule has 2 rings (SSSR count). The largest absolute Gasteiger partial charge is 0.496 e. The van der Waals surface area contributed by atoms with Gasteiger partial charge in [0.05, 0.1) is 19.3 Å². The molecule has 1 N–H and O–H groups in total. The molecule has 26 heavy (non-hydrogen) atoms. The van der Waals surface area contributed by atoms with E-state index in [1.54, 1.807) is 38.3 Å². The van der Waals surface area contributed by atoms with Crippen molar-refractivity contribution in [1.82, 2.24) is 0 Å². The van der Waals surface area contributed by atoms with Crippen LogP contribution in [0.1, 0.15) is 58.5 Å². The van der Waals surface area contributed by atoms with E-state index in [0.29, 0.717) is 23.4 Å². The average molecular weight is 355 g/mol. The van der Waals surface area contributed by atoms with Gasteiger partial charge in [0.1, 0.15) is 5.75 Å². The molecule has 0 bridgehead atoms. The molecule has 2 aromatic rings. The molecule has 0 unspecified atom stereocenters. The summed E-state index contributed by atoms with van der Waals surface area (Å²) in [6.07, 6.45) is 0. The molecule has 0 aliphatic heterocycles. The van der Waals surface area contributed by atoms with Crippen LogP contribution < -0.4 is 10.1 Å². The number of carbonyl (C=O) groups excluding carboxylic acids is 2. The minimum Gasteiger partial charge on any atom is -0.496 e. The fraction of sp³-hybridized carbons (Fsp3) is 0.333. The highest BCUT2D eigenvalue weighted by Gasteiger charge is 2.16. The van der Waals surface area contributed by atoms with Crippen LogP contribution in [-0.2, 0) is 4.74 Å². The first kappa shape index (κ1) is 19.5. The molecule has 0 aromatic heterocycles. The van der Waals surface area contributed by atoms with Gasteiger partial charge in [-0.15, -0.1) is 0 Å². The number of esters is 1. The smallest absolute Gasteiger partial charge is 0.338 e. The van der Waals surface area contributed by atoms with Crippen molar-refractivity contribution < 1.29 is 19.1 Å². The number of hydrogen-bond acceptors (Lipinski definition) is 4. The second-order valence-corrected chi connectivity index (χ2v) is 6.32. The number of rotatable bonds is 6. The van der Waals surface area contributed by atoms with Crippen LogP contribution in [-0.4, -0.2) is 25.6 Å². The van der Waals surface area contributed by atoms with Crippen LogP contribution in [0.2, 0.25) is 0 Å². The number of carbonyl (C=O) groups is 2. The summed E-state index contributed by atoms with van der Waals surface area (Å²) in [5.41, 5.74) is 3.32. The lowest BCUT2D eigenvalue weighted by atomic mass is 9.96. The SMILES string of the molecule is CCOC(=O)c1cccc(NC(=O)c2cc(C(C)C)c(OC)cc2C)c1. The van der Waals surface area contributed by atoms with E-state index in [4.69, 9.17) is 9.47 Å². The molecule has 138 valence electrons. The first-order chi connectivity index (χ1) is 12.4. The molecule has 0 fully saturated rings. The van der Waals surface area contributed by atoms with Crippen LogP contribution >= 0.6 is 0 Å². The third-order valence-corrected chi connectivity index (χ3v) is 4.07. The summed E-state index contributed by atoms with van der Waals surface area (Å²) in [4.78, 5) is 24.6. The quantitative estimate of drug-likeness (QED) is 0.772. The van der Waals surface area contributed by atoms with Gasteiger partial charge in [-0.25, -0.2) is 4.79 Å².